The first kappa shape index (κ1) is 20.7. The summed E-state index contributed by atoms with van der Waals surface area (Å²) >= 11 is 0. The molecular weight excluding hydrogens is 360 g/mol. The molecule has 152 valence electrons. The smallest absolute Gasteiger partial charge is 0.261 e. The van der Waals surface area contributed by atoms with Gasteiger partial charge < -0.3 is 15.0 Å². The van der Waals surface area contributed by atoms with Crippen molar-refractivity contribution in [2.75, 3.05) is 18.0 Å². The number of benzene rings is 3. The van der Waals surface area contributed by atoms with E-state index >= 15 is 0 Å². The Hall–Kier alpha value is -3.01. The zero-order chi connectivity index (χ0) is 20.6. The molecule has 0 unspecified atom stereocenters. The molecule has 0 bridgehead atoms. The molecule has 3 aromatic carbocycles. The second-order valence-electron chi connectivity index (χ2n) is 7.08. The molecule has 0 spiro atoms. The maximum Gasteiger partial charge on any atom is 0.261 e. The van der Waals surface area contributed by atoms with Crippen LogP contribution in [0.25, 0.3) is 10.8 Å². The average molecular weight is 391 g/mol. The fourth-order valence-electron chi connectivity index (χ4n) is 3.44. The summed E-state index contributed by atoms with van der Waals surface area (Å²) in [6.45, 7) is 8.73. The Morgan fingerprint density at radius 2 is 1.62 bits per heavy atom. The molecule has 0 fully saturated rings. The van der Waals surface area contributed by atoms with Crippen molar-refractivity contribution in [3.63, 3.8) is 0 Å². The van der Waals surface area contributed by atoms with Gasteiger partial charge in [-0.3, -0.25) is 4.79 Å². The minimum Gasteiger partial charge on any atom is -0.481 e. The van der Waals surface area contributed by atoms with E-state index in [-0.39, 0.29) is 5.91 Å². The summed E-state index contributed by atoms with van der Waals surface area (Å²) < 4.78 is 5.98. The van der Waals surface area contributed by atoms with Crippen LogP contribution >= 0.6 is 0 Å². The van der Waals surface area contributed by atoms with Crippen LogP contribution in [-0.2, 0) is 11.3 Å². The lowest BCUT2D eigenvalue weighted by molar-refractivity contribution is -0.128. The molecule has 0 aliphatic rings. The van der Waals surface area contributed by atoms with E-state index in [2.05, 4.69) is 54.4 Å². The first-order valence-corrected chi connectivity index (χ1v) is 10.4. The molecule has 0 aliphatic carbocycles. The van der Waals surface area contributed by atoms with Crippen LogP contribution in [0.1, 0.15) is 32.8 Å². The van der Waals surface area contributed by atoms with E-state index in [1.165, 1.54) is 5.69 Å². The van der Waals surface area contributed by atoms with Crippen LogP contribution < -0.4 is 15.0 Å². The van der Waals surface area contributed by atoms with Crippen LogP contribution in [-0.4, -0.2) is 25.1 Å². The van der Waals surface area contributed by atoms with Gasteiger partial charge in [-0.2, -0.15) is 0 Å². The Morgan fingerprint density at radius 3 is 2.28 bits per heavy atom. The van der Waals surface area contributed by atoms with Crippen molar-refractivity contribution >= 4 is 22.4 Å². The van der Waals surface area contributed by atoms with Gasteiger partial charge in [0.05, 0.1) is 0 Å². The van der Waals surface area contributed by atoms with Gasteiger partial charge in [-0.05, 0) is 60.9 Å². The third kappa shape index (κ3) is 5.29. The van der Waals surface area contributed by atoms with E-state index in [1.807, 2.05) is 43.3 Å². The van der Waals surface area contributed by atoms with Gasteiger partial charge in [-0.1, -0.05) is 49.4 Å². The number of carbonyl (C=O) groups excluding carboxylic acids is 1. The van der Waals surface area contributed by atoms with Gasteiger partial charge in [0.2, 0.25) is 0 Å². The molecule has 1 N–H and O–H groups in total. The molecule has 3 aromatic rings. The quantitative estimate of drug-likeness (QED) is 0.549. The maximum absolute atomic E-state index is 12.6. The highest BCUT2D eigenvalue weighted by molar-refractivity contribution is 5.84. The van der Waals surface area contributed by atoms with E-state index in [9.17, 15) is 4.79 Å². The summed E-state index contributed by atoms with van der Waals surface area (Å²) in [5.74, 6) is 0.628. The average Bonchev–Trinajstić information content (AvgIpc) is 2.77. The monoisotopic (exact) mass is 390 g/mol. The molecule has 1 amide bonds. The first-order chi connectivity index (χ1) is 14.1. The second-order valence-corrected chi connectivity index (χ2v) is 7.08. The minimum absolute atomic E-state index is 0.0894. The van der Waals surface area contributed by atoms with Gasteiger partial charge in [0.25, 0.3) is 5.91 Å². The fourth-order valence-corrected chi connectivity index (χ4v) is 3.44. The second kappa shape index (κ2) is 9.97. The molecule has 29 heavy (non-hydrogen) atoms. The summed E-state index contributed by atoms with van der Waals surface area (Å²) in [4.78, 5) is 14.9. The summed E-state index contributed by atoms with van der Waals surface area (Å²) in [6.07, 6.45) is 0.102. The molecule has 0 aromatic heterocycles. The van der Waals surface area contributed by atoms with Crippen molar-refractivity contribution in [1.29, 1.82) is 0 Å². The van der Waals surface area contributed by atoms with E-state index in [4.69, 9.17) is 4.74 Å². The van der Waals surface area contributed by atoms with Crippen molar-refractivity contribution in [2.24, 2.45) is 0 Å². The van der Waals surface area contributed by atoms with E-state index in [1.54, 1.807) is 0 Å². The molecular formula is C25H30N2O2. The van der Waals surface area contributed by atoms with Crippen LogP contribution in [0.4, 0.5) is 5.69 Å². The predicted octanol–water partition coefficient (Wildman–Crippen LogP) is 5.16. The molecule has 1 atom stereocenters. The summed E-state index contributed by atoms with van der Waals surface area (Å²) in [5, 5.41) is 5.27. The predicted molar refractivity (Wildman–Crippen MR) is 121 cm³/mol. The highest BCUT2D eigenvalue weighted by Crippen LogP contribution is 2.22. The third-order valence-electron chi connectivity index (χ3n) is 5.19. The van der Waals surface area contributed by atoms with E-state index in [0.29, 0.717) is 18.7 Å². The van der Waals surface area contributed by atoms with Crippen LogP contribution in [0, 0.1) is 0 Å². The van der Waals surface area contributed by atoms with Gasteiger partial charge in [0, 0.05) is 25.3 Å². The molecule has 0 aliphatic heterocycles. The topological polar surface area (TPSA) is 41.6 Å². The molecule has 0 radical (unpaired) electrons. The minimum atomic E-state index is -0.508. The number of nitrogens with zero attached hydrogens (tertiary/aromatic N) is 1. The standard InChI is InChI=1S/C25H30N2O2/c1-4-24(29-23-16-13-20-9-7-8-10-21(20)17-23)25(28)26-18-19-11-14-22(15-12-19)27(5-2)6-3/h7-17,24H,4-6,18H2,1-3H3,(H,26,28)/t24-/m0/s1. The van der Waals surface area contributed by atoms with Gasteiger partial charge in [-0.15, -0.1) is 0 Å². The van der Waals surface area contributed by atoms with Crippen molar-refractivity contribution in [3.8, 4) is 5.75 Å². The molecule has 3 rings (SSSR count). The van der Waals surface area contributed by atoms with Crippen LogP contribution in [0.15, 0.2) is 66.7 Å². The summed E-state index contributed by atoms with van der Waals surface area (Å²) in [6, 6.07) is 22.4. The van der Waals surface area contributed by atoms with Crippen molar-refractivity contribution < 1.29 is 9.53 Å². The Kier molecular flexibility index (Phi) is 7.12. The zero-order valence-corrected chi connectivity index (χ0v) is 17.5. The van der Waals surface area contributed by atoms with Crippen LogP contribution in [0.5, 0.6) is 5.75 Å². The number of ether oxygens (including phenoxy) is 1. The maximum atomic E-state index is 12.6. The Morgan fingerprint density at radius 1 is 0.931 bits per heavy atom. The summed E-state index contributed by atoms with van der Waals surface area (Å²) in [7, 11) is 0. The molecule has 0 saturated heterocycles. The number of fused-ring (bicyclic) bond motifs is 1. The van der Waals surface area contributed by atoms with Gasteiger partial charge in [0.15, 0.2) is 6.10 Å². The Bertz CT molecular complexity index is 933. The number of rotatable bonds is 9. The Labute approximate surface area is 173 Å². The highest BCUT2D eigenvalue weighted by Gasteiger charge is 2.18. The van der Waals surface area contributed by atoms with Gasteiger partial charge in [0.1, 0.15) is 5.75 Å². The van der Waals surface area contributed by atoms with Crippen LogP contribution in [0.2, 0.25) is 0 Å². The Balaban J connectivity index is 1.59. The molecule has 4 nitrogen and oxygen atoms in total. The van der Waals surface area contributed by atoms with Crippen molar-refractivity contribution in [3.05, 3.63) is 72.3 Å². The SMILES string of the molecule is CC[C@H](Oc1ccc2ccccc2c1)C(=O)NCc1ccc(N(CC)CC)cc1. The number of nitrogens with one attached hydrogen (secondary N) is 1. The number of carbonyl (C=O) groups is 1. The lowest BCUT2D eigenvalue weighted by Gasteiger charge is -2.21. The van der Waals surface area contributed by atoms with E-state index in [0.717, 1.165) is 29.4 Å². The largest absolute Gasteiger partial charge is 0.481 e. The summed E-state index contributed by atoms with van der Waals surface area (Å²) in [5.41, 5.74) is 2.28. The number of anilines is 1. The number of hydrogen-bond acceptors (Lipinski definition) is 3. The lowest BCUT2D eigenvalue weighted by Crippen LogP contribution is -2.37. The molecule has 4 heteroatoms. The third-order valence-corrected chi connectivity index (χ3v) is 5.19. The molecule has 0 saturated carbocycles. The molecule has 0 heterocycles. The lowest BCUT2D eigenvalue weighted by atomic mass is 10.1. The normalized spacial score (nSPS) is 11.8. The van der Waals surface area contributed by atoms with Gasteiger partial charge in [-0.25, -0.2) is 0 Å². The number of hydrogen-bond donors (Lipinski definition) is 1. The first-order valence-electron chi connectivity index (χ1n) is 10.4. The number of amides is 1. The zero-order valence-electron chi connectivity index (χ0n) is 17.5. The van der Waals surface area contributed by atoms with Crippen molar-refractivity contribution in [1.82, 2.24) is 5.32 Å². The van der Waals surface area contributed by atoms with Crippen LogP contribution in [0.3, 0.4) is 0 Å². The van der Waals surface area contributed by atoms with Gasteiger partial charge >= 0.3 is 0 Å². The highest BCUT2D eigenvalue weighted by atomic mass is 16.5. The van der Waals surface area contributed by atoms with E-state index < -0.39 is 6.10 Å². The fraction of sp³-hybridized carbons (Fsp3) is 0.320. The van der Waals surface area contributed by atoms with Crippen molar-refractivity contribution in [2.45, 2.75) is 39.8 Å².